The molecule has 108 valence electrons. The van der Waals surface area contributed by atoms with Gasteiger partial charge in [-0.15, -0.1) is 11.3 Å². The molecule has 20 heavy (non-hydrogen) atoms. The summed E-state index contributed by atoms with van der Waals surface area (Å²) in [5.41, 5.74) is 6.38. The Morgan fingerprint density at radius 2 is 2.05 bits per heavy atom. The average Bonchev–Trinajstić information content (AvgIpc) is 2.77. The van der Waals surface area contributed by atoms with E-state index < -0.39 is 0 Å². The van der Waals surface area contributed by atoms with Gasteiger partial charge >= 0.3 is 0 Å². The number of anilines is 1. The fourth-order valence-electron chi connectivity index (χ4n) is 2.06. The number of carbonyl (C=O) groups is 1. The molecule has 0 aliphatic heterocycles. The van der Waals surface area contributed by atoms with Crippen LogP contribution in [-0.4, -0.2) is 11.4 Å². The highest BCUT2D eigenvalue weighted by Crippen LogP contribution is 2.38. The number of hydrogen-bond donors (Lipinski definition) is 2. The maximum Gasteiger partial charge on any atom is 0.263 e. The molecule has 5 heteroatoms. The van der Waals surface area contributed by atoms with Crippen LogP contribution in [0.15, 0.2) is 18.2 Å². The van der Waals surface area contributed by atoms with Gasteiger partial charge in [-0.2, -0.15) is 0 Å². The van der Waals surface area contributed by atoms with Gasteiger partial charge in [-0.3, -0.25) is 4.79 Å². The van der Waals surface area contributed by atoms with Crippen molar-refractivity contribution >= 4 is 44.6 Å². The lowest BCUT2D eigenvalue weighted by atomic mass is 9.95. The summed E-state index contributed by atoms with van der Waals surface area (Å²) >= 11 is 7.55. The van der Waals surface area contributed by atoms with Gasteiger partial charge in [-0.05, 0) is 31.9 Å². The summed E-state index contributed by atoms with van der Waals surface area (Å²) in [5, 5.41) is 4.44. The van der Waals surface area contributed by atoms with Gasteiger partial charge in [0.15, 0.2) is 0 Å². The second-order valence-electron chi connectivity index (χ2n) is 5.18. The highest BCUT2D eigenvalue weighted by atomic mass is 35.5. The van der Waals surface area contributed by atoms with Crippen molar-refractivity contribution in [3.63, 3.8) is 0 Å². The highest BCUT2D eigenvalue weighted by Gasteiger charge is 2.25. The van der Waals surface area contributed by atoms with Crippen molar-refractivity contribution in [3.8, 4) is 0 Å². The first kappa shape index (κ1) is 15.1. The molecule has 0 unspecified atom stereocenters. The van der Waals surface area contributed by atoms with E-state index in [-0.39, 0.29) is 11.4 Å². The van der Waals surface area contributed by atoms with Crippen LogP contribution < -0.4 is 11.1 Å². The van der Waals surface area contributed by atoms with E-state index in [1.54, 1.807) is 6.07 Å². The molecule has 2 aromatic rings. The Morgan fingerprint density at radius 3 is 2.60 bits per heavy atom. The number of carbonyl (C=O) groups excluding carboxylic acids is 1. The van der Waals surface area contributed by atoms with Gasteiger partial charge in [-0.1, -0.05) is 31.5 Å². The van der Waals surface area contributed by atoms with Crippen LogP contribution in [-0.2, 0) is 0 Å². The molecule has 2 rings (SSSR count). The Bertz CT molecular complexity index is 647. The molecule has 0 bridgehead atoms. The summed E-state index contributed by atoms with van der Waals surface area (Å²) in [6.07, 6.45) is 1.75. The molecule has 3 nitrogen and oxygen atoms in total. The highest BCUT2D eigenvalue weighted by molar-refractivity contribution is 7.21. The minimum atomic E-state index is -0.205. The predicted octanol–water partition coefficient (Wildman–Crippen LogP) is 4.45. The first-order chi connectivity index (χ1) is 9.41. The van der Waals surface area contributed by atoms with Gasteiger partial charge in [0.1, 0.15) is 4.88 Å². The van der Waals surface area contributed by atoms with Crippen molar-refractivity contribution in [2.75, 3.05) is 5.73 Å². The summed E-state index contributed by atoms with van der Waals surface area (Å²) in [7, 11) is 0. The van der Waals surface area contributed by atoms with Crippen molar-refractivity contribution in [2.24, 2.45) is 0 Å². The summed E-state index contributed by atoms with van der Waals surface area (Å²) < 4.78 is 0.940. The van der Waals surface area contributed by atoms with E-state index in [0.29, 0.717) is 15.6 Å². The van der Waals surface area contributed by atoms with Crippen LogP contribution in [0.25, 0.3) is 10.1 Å². The fourth-order valence-corrected chi connectivity index (χ4v) is 3.43. The third-order valence-corrected chi connectivity index (χ3v) is 5.37. The number of amides is 1. The lowest BCUT2D eigenvalue weighted by Gasteiger charge is -2.28. The topological polar surface area (TPSA) is 55.1 Å². The van der Waals surface area contributed by atoms with E-state index in [4.69, 9.17) is 17.3 Å². The van der Waals surface area contributed by atoms with Crippen LogP contribution in [0.2, 0.25) is 5.02 Å². The first-order valence-corrected chi connectivity index (χ1v) is 7.90. The number of nitrogen functional groups attached to an aromatic ring is 1. The molecule has 1 aromatic carbocycles. The zero-order valence-corrected chi connectivity index (χ0v) is 13.5. The molecule has 0 spiro atoms. The molecule has 0 fully saturated rings. The lowest BCUT2D eigenvalue weighted by molar-refractivity contribution is 0.0906. The second-order valence-corrected chi connectivity index (χ2v) is 6.64. The van der Waals surface area contributed by atoms with Gasteiger partial charge in [-0.25, -0.2) is 0 Å². The summed E-state index contributed by atoms with van der Waals surface area (Å²) in [4.78, 5) is 13.0. The quantitative estimate of drug-likeness (QED) is 0.876. The van der Waals surface area contributed by atoms with Crippen LogP contribution in [0.4, 0.5) is 5.69 Å². The molecule has 1 amide bonds. The van der Waals surface area contributed by atoms with E-state index >= 15 is 0 Å². The monoisotopic (exact) mass is 310 g/mol. The van der Waals surface area contributed by atoms with Gasteiger partial charge in [0.2, 0.25) is 0 Å². The van der Waals surface area contributed by atoms with Crippen LogP contribution in [0, 0.1) is 0 Å². The number of halogens is 1. The van der Waals surface area contributed by atoms with Crippen molar-refractivity contribution < 1.29 is 4.79 Å². The predicted molar refractivity (Wildman–Crippen MR) is 87.7 cm³/mol. The molecular formula is C15H19ClN2OS. The fraction of sp³-hybridized carbons (Fsp3) is 0.400. The Morgan fingerprint density at radius 1 is 1.40 bits per heavy atom. The number of nitrogens with two attached hydrogens (primary N) is 1. The average molecular weight is 311 g/mol. The molecule has 0 saturated carbocycles. The Kier molecular flexibility index (Phi) is 4.25. The van der Waals surface area contributed by atoms with Crippen LogP contribution >= 0.6 is 22.9 Å². The normalized spacial score (nSPS) is 11.8. The van der Waals surface area contributed by atoms with Gasteiger partial charge < -0.3 is 11.1 Å². The summed E-state index contributed by atoms with van der Waals surface area (Å²) in [5.74, 6) is -0.119. The van der Waals surface area contributed by atoms with Crippen LogP contribution in [0.5, 0.6) is 0 Å². The molecule has 0 atom stereocenters. The SMILES string of the molecule is CCC(C)(CC)NC(=O)c1sc2cccc(Cl)c2c1N. The molecule has 3 N–H and O–H groups in total. The third-order valence-electron chi connectivity index (χ3n) is 3.88. The van der Waals surface area contributed by atoms with Crippen molar-refractivity contribution in [2.45, 2.75) is 39.2 Å². The van der Waals surface area contributed by atoms with Crippen LogP contribution in [0.1, 0.15) is 43.3 Å². The standard InChI is InChI=1S/C15H19ClN2OS/c1-4-15(3,5-2)18-14(19)13-12(17)11-9(16)7-6-8-10(11)20-13/h6-8H,4-5,17H2,1-3H3,(H,18,19). The Labute approximate surface area is 128 Å². The van der Waals surface area contributed by atoms with Gasteiger partial charge in [0.05, 0.1) is 10.7 Å². The maximum atomic E-state index is 12.5. The molecule has 0 saturated heterocycles. The Balaban J connectivity index is 2.41. The number of benzene rings is 1. The molecule has 0 aliphatic rings. The zero-order valence-electron chi connectivity index (χ0n) is 11.9. The molecule has 1 heterocycles. The van der Waals surface area contributed by atoms with E-state index in [9.17, 15) is 4.79 Å². The number of thiophene rings is 1. The zero-order chi connectivity index (χ0) is 14.9. The summed E-state index contributed by atoms with van der Waals surface area (Å²) in [6.45, 7) is 6.17. The van der Waals surface area contributed by atoms with Crippen LogP contribution in [0.3, 0.4) is 0 Å². The molecule has 1 aromatic heterocycles. The smallest absolute Gasteiger partial charge is 0.263 e. The minimum absolute atomic E-state index is 0.119. The number of nitrogens with one attached hydrogen (secondary N) is 1. The lowest BCUT2D eigenvalue weighted by Crippen LogP contribution is -2.44. The molecular weight excluding hydrogens is 292 g/mol. The molecule has 0 radical (unpaired) electrons. The van der Waals surface area contributed by atoms with E-state index in [1.165, 1.54) is 11.3 Å². The van der Waals surface area contributed by atoms with Crippen molar-refractivity contribution in [1.82, 2.24) is 5.32 Å². The minimum Gasteiger partial charge on any atom is -0.397 e. The summed E-state index contributed by atoms with van der Waals surface area (Å²) in [6, 6.07) is 5.58. The second kappa shape index (κ2) is 5.62. The van der Waals surface area contributed by atoms with E-state index in [0.717, 1.165) is 22.9 Å². The number of fused-ring (bicyclic) bond motifs is 1. The van der Waals surface area contributed by atoms with E-state index in [2.05, 4.69) is 19.2 Å². The molecule has 0 aliphatic carbocycles. The van der Waals surface area contributed by atoms with E-state index in [1.807, 2.05) is 19.1 Å². The van der Waals surface area contributed by atoms with Crippen molar-refractivity contribution in [3.05, 3.63) is 28.1 Å². The number of rotatable bonds is 4. The third kappa shape index (κ3) is 2.63. The largest absolute Gasteiger partial charge is 0.397 e. The maximum absolute atomic E-state index is 12.5. The number of hydrogen-bond acceptors (Lipinski definition) is 3. The Hall–Kier alpha value is -1.26. The van der Waals surface area contributed by atoms with Gasteiger partial charge in [0.25, 0.3) is 5.91 Å². The first-order valence-electron chi connectivity index (χ1n) is 6.71. The van der Waals surface area contributed by atoms with Crippen molar-refractivity contribution in [1.29, 1.82) is 0 Å². The van der Waals surface area contributed by atoms with Gasteiger partial charge in [0, 0.05) is 15.6 Å².